The first-order valence-electron chi connectivity index (χ1n) is 4.97. The van der Waals surface area contributed by atoms with Crippen LogP contribution in [0.5, 0.6) is 0 Å². The molecule has 15 heavy (non-hydrogen) atoms. The Balaban J connectivity index is 1.90. The van der Waals surface area contributed by atoms with E-state index < -0.39 is 0 Å². The molecule has 0 radical (unpaired) electrons. The first-order valence-corrected chi connectivity index (χ1v) is 4.97. The molecule has 0 aliphatic heterocycles. The number of hydrogen-bond acceptors (Lipinski definition) is 3. The molecule has 2 aromatic heterocycles. The lowest BCUT2D eigenvalue weighted by atomic mass is 10.3. The molecule has 0 aliphatic carbocycles. The zero-order valence-electron chi connectivity index (χ0n) is 8.67. The van der Waals surface area contributed by atoms with Gasteiger partial charge in [0.15, 0.2) is 0 Å². The predicted molar refractivity (Wildman–Crippen MR) is 59.5 cm³/mol. The first kappa shape index (κ1) is 9.71. The van der Waals surface area contributed by atoms with Gasteiger partial charge in [0.2, 0.25) is 0 Å². The lowest BCUT2D eigenvalue weighted by molar-refractivity contribution is 0.619. The summed E-state index contributed by atoms with van der Waals surface area (Å²) in [6.07, 6.45) is 9.15. The summed E-state index contributed by atoms with van der Waals surface area (Å²) in [6, 6.07) is 4.29. The van der Waals surface area contributed by atoms with Crippen LogP contribution in [0.15, 0.2) is 43.2 Å². The summed E-state index contributed by atoms with van der Waals surface area (Å²) in [6.45, 7) is 3.04. The van der Waals surface area contributed by atoms with Crippen LogP contribution in [-0.4, -0.2) is 20.6 Å². The fraction of sp³-hybridized carbons (Fsp3) is 0.273. The number of anilines is 1. The maximum Gasteiger partial charge on any atom is 0.0946 e. The molecule has 0 fully saturated rings. The standard InChI is InChI=1S/C11H14N4/c1-10(8-15-7-6-13-9-15)14-11-2-4-12-5-3-11/h2-7,9-10H,8H2,1H3,(H,12,14). The van der Waals surface area contributed by atoms with Crippen LogP contribution >= 0.6 is 0 Å². The third-order valence-electron chi connectivity index (χ3n) is 2.14. The Morgan fingerprint density at radius 3 is 2.73 bits per heavy atom. The van der Waals surface area contributed by atoms with Crippen molar-refractivity contribution < 1.29 is 0 Å². The number of pyridine rings is 1. The topological polar surface area (TPSA) is 42.7 Å². The normalized spacial score (nSPS) is 12.3. The number of nitrogens with one attached hydrogen (secondary N) is 1. The van der Waals surface area contributed by atoms with Gasteiger partial charge in [-0.1, -0.05) is 0 Å². The van der Waals surface area contributed by atoms with Crippen LogP contribution in [-0.2, 0) is 6.54 Å². The van der Waals surface area contributed by atoms with E-state index in [2.05, 4.69) is 26.8 Å². The monoisotopic (exact) mass is 202 g/mol. The number of rotatable bonds is 4. The van der Waals surface area contributed by atoms with Crippen LogP contribution in [0.1, 0.15) is 6.92 Å². The Morgan fingerprint density at radius 2 is 2.07 bits per heavy atom. The molecule has 2 aromatic rings. The van der Waals surface area contributed by atoms with Crippen LogP contribution in [0.25, 0.3) is 0 Å². The highest BCUT2D eigenvalue weighted by Crippen LogP contribution is 2.06. The summed E-state index contributed by atoms with van der Waals surface area (Å²) in [5.41, 5.74) is 1.10. The number of nitrogens with zero attached hydrogens (tertiary/aromatic N) is 3. The van der Waals surface area contributed by atoms with E-state index in [4.69, 9.17) is 0 Å². The van der Waals surface area contributed by atoms with Crippen molar-refractivity contribution in [1.29, 1.82) is 0 Å². The van der Waals surface area contributed by atoms with Crippen molar-refractivity contribution in [3.05, 3.63) is 43.2 Å². The maximum atomic E-state index is 4.01. The highest BCUT2D eigenvalue weighted by molar-refractivity contribution is 5.41. The third kappa shape index (κ3) is 2.80. The lowest BCUT2D eigenvalue weighted by Gasteiger charge is -2.15. The molecule has 0 amide bonds. The van der Waals surface area contributed by atoms with Crippen molar-refractivity contribution in [3.63, 3.8) is 0 Å². The average molecular weight is 202 g/mol. The Kier molecular flexibility index (Phi) is 2.97. The molecule has 0 aromatic carbocycles. The molecule has 0 saturated carbocycles. The molecule has 1 unspecified atom stereocenters. The molecule has 78 valence electrons. The fourth-order valence-electron chi connectivity index (χ4n) is 1.49. The summed E-state index contributed by atoms with van der Waals surface area (Å²) in [7, 11) is 0. The van der Waals surface area contributed by atoms with E-state index in [9.17, 15) is 0 Å². The second-order valence-electron chi connectivity index (χ2n) is 3.54. The summed E-state index contributed by atoms with van der Waals surface area (Å²) < 4.78 is 2.05. The van der Waals surface area contributed by atoms with Crippen molar-refractivity contribution in [3.8, 4) is 0 Å². The van der Waals surface area contributed by atoms with Crippen molar-refractivity contribution in [1.82, 2.24) is 14.5 Å². The van der Waals surface area contributed by atoms with Crippen molar-refractivity contribution >= 4 is 5.69 Å². The molecule has 0 bridgehead atoms. The van der Waals surface area contributed by atoms with E-state index in [0.717, 1.165) is 12.2 Å². The van der Waals surface area contributed by atoms with Crippen molar-refractivity contribution in [2.75, 3.05) is 5.32 Å². The minimum Gasteiger partial charge on any atom is -0.381 e. The highest BCUT2D eigenvalue weighted by atomic mass is 15.1. The van der Waals surface area contributed by atoms with Gasteiger partial charge in [-0.15, -0.1) is 0 Å². The molecule has 2 rings (SSSR count). The van der Waals surface area contributed by atoms with Gasteiger partial charge in [-0.05, 0) is 19.1 Å². The Bertz CT molecular complexity index is 382. The Morgan fingerprint density at radius 1 is 1.27 bits per heavy atom. The minimum absolute atomic E-state index is 0.363. The first-order chi connectivity index (χ1) is 7.34. The van der Waals surface area contributed by atoms with Crippen molar-refractivity contribution in [2.24, 2.45) is 0 Å². The second kappa shape index (κ2) is 4.59. The van der Waals surface area contributed by atoms with E-state index in [1.54, 1.807) is 18.6 Å². The van der Waals surface area contributed by atoms with Crippen LogP contribution in [0.2, 0.25) is 0 Å². The van der Waals surface area contributed by atoms with Crippen LogP contribution in [0.4, 0.5) is 5.69 Å². The average Bonchev–Trinajstić information content (AvgIpc) is 2.71. The quantitative estimate of drug-likeness (QED) is 0.821. The van der Waals surface area contributed by atoms with Crippen LogP contribution in [0, 0.1) is 0 Å². The van der Waals surface area contributed by atoms with Gasteiger partial charge in [0.1, 0.15) is 0 Å². The molecule has 0 spiro atoms. The van der Waals surface area contributed by atoms with E-state index >= 15 is 0 Å². The Labute approximate surface area is 89.0 Å². The van der Waals surface area contributed by atoms with E-state index in [1.807, 2.05) is 24.7 Å². The smallest absolute Gasteiger partial charge is 0.0946 e. The van der Waals surface area contributed by atoms with E-state index in [-0.39, 0.29) is 0 Å². The molecule has 0 aliphatic rings. The van der Waals surface area contributed by atoms with E-state index in [1.165, 1.54) is 0 Å². The molecule has 4 nitrogen and oxygen atoms in total. The summed E-state index contributed by atoms with van der Waals surface area (Å²) >= 11 is 0. The molecule has 0 saturated heterocycles. The summed E-state index contributed by atoms with van der Waals surface area (Å²) in [5.74, 6) is 0. The highest BCUT2D eigenvalue weighted by Gasteiger charge is 2.01. The number of hydrogen-bond donors (Lipinski definition) is 1. The fourth-order valence-corrected chi connectivity index (χ4v) is 1.49. The van der Waals surface area contributed by atoms with Gasteiger partial charge in [0, 0.05) is 43.1 Å². The number of imidazole rings is 1. The minimum atomic E-state index is 0.363. The van der Waals surface area contributed by atoms with Gasteiger partial charge in [-0.2, -0.15) is 0 Å². The Hall–Kier alpha value is -1.84. The van der Waals surface area contributed by atoms with Gasteiger partial charge < -0.3 is 9.88 Å². The molecular formula is C11H14N4. The molecule has 2 heterocycles. The third-order valence-corrected chi connectivity index (χ3v) is 2.14. The zero-order chi connectivity index (χ0) is 10.5. The second-order valence-corrected chi connectivity index (χ2v) is 3.54. The van der Waals surface area contributed by atoms with Crippen LogP contribution in [0.3, 0.4) is 0 Å². The molecule has 1 atom stereocenters. The molecular weight excluding hydrogens is 188 g/mol. The largest absolute Gasteiger partial charge is 0.381 e. The van der Waals surface area contributed by atoms with E-state index in [0.29, 0.717) is 6.04 Å². The van der Waals surface area contributed by atoms with Gasteiger partial charge in [-0.3, -0.25) is 4.98 Å². The lowest BCUT2D eigenvalue weighted by Crippen LogP contribution is -2.21. The molecule has 4 heteroatoms. The predicted octanol–water partition coefficient (Wildman–Crippen LogP) is 1.78. The SMILES string of the molecule is CC(Cn1ccnc1)Nc1ccncc1. The van der Waals surface area contributed by atoms with Gasteiger partial charge >= 0.3 is 0 Å². The summed E-state index contributed by atoms with van der Waals surface area (Å²) in [5, 5.41) is 3.39. The zero-order valence-corrected chi connectivity index (χ0v) is 8.67. The summed E-state index contributed by atoms with van der Waals surface area (Å²) in [4.78, 5) is 7.98. The van der Waals surface area contributed by atoms with Gasteiger partial charge in [0.05, 0.1) is 6.33 Å². The van der Waals surface area contributed by atoms with Gasteiger partial charge in [0.25, 0.3) is 0 Å². The van der Waals surface area contributed by atoms with Gasteiger partial charge in [-0.25, -0.2) is 4.98 Å². The maximum absolute atomic E-state index is 4.01. The number of aromatic nitrogens is 3. The van der Waals surface area contributed by atoms with Crippen LogP contribution < -0.4 is 5.32 Å². The molecule has 1 N–H and O–H groups in total. The van der Waals surface area contributed by atoms with Crippen molar-refractivity contribution in [2.45, 2.75) is 19.5 Å².